The zero-order chi connectivity index (χ0) is 22.1. The fourth-order valence-corrected chi connectivity index (χ4v) is 6.25. The molecule has 8 heteroatoms. The first kappa shape index (κ1) is 20.9. The first-order valence-electron chi connectivity index (χ1n) is 10.7. The molecular formula is C24H24N4O2S2. The van der Waals surface area contributed by atoms with Crippen molar-refractivity contribution in [1.29, 1.82) is 0 Å². The summed E-state index contributed by atoms with van der Waals surface area (Å²) in [6.45, 7) is 3.95. The summed E-state index contributed by atoms with van der Waals surface area (Å²) in [4.78, 5) is 23.4. The molecule has 1 amide bonds. The van der Waals surface area contributed by atoms with Crippen LogP contribution in [0.4, 0.5) is 10.9 Å². The highest BCUT2D eigenvalue weighted by molar-refractivity contribution is 7.16. The number of furan rings is 1. The lowest BCUT2D eigenvalue weighted by Crippen LogP contribution is -2.19. The van der Waals surface area contributed by atoms with E-state index in [0.717, 1.165) is 46.8 Å². The van der Waals surface area contributed by atoms with Crippen LogP contribution < -0.4 is 10.6 Å². The molecule has 0 bridgehead atoms. The van der Waals surface area contributed by atoms with Crippen molar-refractivity contribution in [3.05, 3.63) is 80.0 Å². The van der Waals surface area contributed by atoms with Gasteiger partial charge in [-0.15, -0.1) is 11.3 Å². The van der Waals surface area contributed by atoms with Gasteiger partial charge in [-0.2, -0.15) is 11.3 Å². The second-order valence-corrected chi connectivity index (χ2v) is 9.88. The van der Waals surface area contributed by atoms with Gasteiger partial charge < -0.3 is 15.1 Å². The molecule has 0 saturated heterocycles. The molecule has 6 nitrogen and oxygen atoms in total. The molecule has 4 aromatic heterocycles. The number of nitrogens with one attached hydrogen (secondary N) is 2. The normalized spacial score (nSPS) is 14.1. The third-order valence-electron chi connectivity index (χ3n) is 5.61. The zero-order valence-corrected chi connectivity index (χ0v) is 19.6. The molecule has 5 rings (SSSR count). The second-order valence-electron chi connectivity index (χ2n) is 7.99. The predicted molar refractivity (Wildman–Crippen MR) is 129 cm³/mol. The average molecular weight is 465 g/mol. The molecule has 0 aromatic carbocycles. The first-order valence-corrected chi connectivity index (χ1v) is 12.4. The summed E-state index contributed by atoms with van der Waals surface area (Å²) in [5.41, 5.74) is 5.43. The number of carbonyl (C=O) groups is 1. The van der Waals surface area contributed by atoms with Gasteiger partial charge in [0.2, 0.25) is 5.95 Å². The van der Waals surface area contributed by atoms with Crippen molar-refractivity contribution in [3.8, 4) is 0 Å². The van der Waals surface area contributed by atoms with Gasteiger partial charge in [0.25, 0.3) is 5.91 Å². The van der Waals surface area contributed by atoms with Gasteiger partial charge in [0, 0.05) is 21.8 Å². The van der Waals surface area contributed by atoms with Crippen LogP contribution in [0.3, 0.4) is 0 Å². The highest BCUT2D eigenvalue weighted by Gasteiger charge is 2.29. The van der Waals surface area contributed by atoms with Crippen LogP contribution in [0.2, 0.25) is 0 Å². The van der Waals surface area contributed by atoms with Gasteiger partial charge in [-0.1, -0.05) is 0 Å². The van der Waals surface area contributed by atoms with Crippen molar-refractivity contribution in [3.63, 3.8) is 0 Å². The van der Waals surface area contributed by atoms with Crippen molar-refractivity contribution in [1.82, 2.24) is 9.97 Å². The number of amides is 1. The van der Waals surface area contributed by atoms with Crippen LogP contribution in [-0.2, 0) is 12.8 Å². The highest BCUT2D eigenvalue weighted by Crippen LogP contribution is 2.44. The predicted octanol–water partition coefficient (Wildman–Crippen LogP) is 6.14. The summed E-state index contributed by atoms with van der Waals surface area (Å²) in [7, 11) is 0. The molecule has 164 valence electrons. The summed E-state index contributed by atoms with van der Waals surface area (Å²) in [5.74, 6) is 0.666. The molecule has 4 aromatic rings. The van der Waals surface area contributed by atoms with Crippen LogP contribution in [0.25, 0.3) is 0 Å². The minimum absolute atomic E-state index is 0.160. The Morgan fingerprint density at radius 3 is 2.69 bits per heavy atom. The SMILES string of the molecule is Cc1cc(C)nc(N[C@@H](c2ccsc2)c2c(NC(=O)c3ccco3)sc3c2CCCC3)n1. The quantitative estimate of drug-likeness (QED) is 0.358. The van der Waals surface area contributed by atoms with Crippen LogP contribution in [0.5, 0.6) is 0 Å². The van der Waals surface area contributed by atoms with Gasteiger partial charge >= 0.3 is 0 Å². The Hall–Kier alpha value is -2.97. The number of aryl methyl sites for hydroxylation is 3. The molecular weight excluding hydrogens is 440 g/mol. The van der Waals surface area contributed by atoms with E-state index in [2.05, 4.69) is 37.4 Å². The number of fused-ring (bicyclic) bond motifs is 1. The maximum Gasteiger partial charge on any atom is 0.291 e. The third-order valence-corrected chi connectivity index (χ3v) is 7.53. The Kier molecular flexibility index (Phi) is 5.80. The fourth-order valence-electron chi connectivity index (χ4n) is 4.24. The van der Waals surface area contributed by atoms with Crippen LogP contribution in [0.15, 0.2) is 45.7 Å². The Morgan fingerprint density at radius 1 is 1.16 bits per heavy atom. The zero-order valence-electron chi connectivity index (χ0n) is 18.0. The summed E-state index contributed by atoms with van der Waals surface area (Å²) < 4.78 is 5.32. The third kappa shape index (κ3) is 4.20. The lowest BCUT2D eigenvalue weighted by atomic mass is 9.90. The van der Waals surface area contributed by atoms with Gasteiger partial charge in [-0.05, 0) is 85.7 Å². The fraction of sp³-hybridized carbons (Fsp3) is 0.292. The molecule has 32 heavy (non-hydrogen) atoms. The molecule has 1 aliphatic carbocycles. The van der Waals surface area contributed by atoms with Crippen LogP contribution in [0.1, 0.15) is 62.4 Å². The number of nitrogens with zero attached hydrogens (tertiary/aromatic N) is 2. The van der Waals surface area contributed by atoms with Crippen molar-refractivity contribution in [2.45, 2.75) is 45.6 Å². The van der Waals surface area contributed by atoms with Crippen molar-refractivity contribution < 1.29 is 9.21 Å². The second kappa shape index (κ2) is 8.88. The monoisotopic (exact) mass is 464 g/mol. The van der Waals surface area contributed by atoms with Gasteiger partial charge in [0.15, 0.2) is 5.76 Å². The van der Waals surface area contributed by atoms with Crippen LogP contribution in [-0.4, -0.2) is 15.9 Å². The Balaban J connectivity index is 1.59. The van der Waals surface area contributed by atoms with Crippen molar-refractivity contribution in [2.75, 3.05) is 10.6 Å². The topological polar surface area (TPSA) is 80.0 Å². The smallest absolute Gasteiger partial charge is 0.291 e. The molecule has 0 saturated carbocycles. The number of rotatable bonds is 6. The standard InChI is InChI=1S/C24H24N4O2S2/c1-14-12-15(2)26-24(25-14)27-21(16-9-11-31-13-16)20-17-6-3-4-8-19(17)32-23(20)28-22(29)18-7-5-10-30-18/h5,7,9-13,21H,3-4,6,8H2,1-2H3,(H,28,29)(H,25,26,27)/t21-/m0/s1. The molecule has 0 fully saturated rings. The Bertz CT molecular complexity index is 1210. The number of aromatic nitrogens is 2. The molecule has 0 spiro atoms. The van der Waals surface area contributed by atoms with E-state index in [1.165, 1.54) is 23.1 Å². The van der Waals surface area contributed by atoms with Crippen LogP contribution >= 0.6 is 22.7 Å². The average Bonchev–Trinajstić information content (AvgIpc) is 3.52. The summed E-state index contributed by atoms with van der Waals surface area (Å²) in [6.07, 6.45) is 5.89. The molecule has 2 N–H and O–H groups in total. The van der Waals surface area contributed by atoms with E-state index in [1.54, 1.807) is 34.8 Å². The molecule has 0 unspecified atom stereocenters. The van der Waals surface area contributed by atoms with Gasteiger partial charge in [-0.3, -0.25) is 4.79 Å². The molecule has 4 heterocycles. The van der Waals surface area contributed by atoms with Crippen LogP contribution in [0, 0.1) is 13.8 Å². The van der Waals surface area contributed by atoms with Gasteiger partial charge in [0.05, 0.1) is 12.3 Å². The molecule has 1 atom stereocenters. The Labute approximate surface area is 194 Å². The minimum Gasteiger partial charge on any atom is -0.459 e. The van der Waals surface area contributed by atoms with Gasteiger partial charge in [0.1, 0.15) is 5.00 Å². The number of hydrogen-bond donors (Lipinski definition) is 2. The molecule has 0 aliphatic heterocycles. The maximum atomic E-state index is 12.9. The lowest BCUT2D eigenvalue weighted by Gasteiger charge is -2.23. The molecule has 1 aliphatic rings. The van der Waals surface area contributed by atoms with E-state index in [0.29, 0.717) is 11.7 Å². The van der Waals surface area contributed by atoms with E-state index in [1.807, 2.05) is 19.9 Å². The minimum atomic E-state index is -0.235. The largest absolute Gasteiger partial charge is 0.459 e. The van der Waals surface area contributed by atoms with Crippen molar-refractivity contribution >= 4 is 39.5 Å². The number of carbonyl (C=O) groups excluding carboxylic acids is 1. The first-order chi connectivity index (χ1) is 15.6. The van der Waals surface area contributed by atoms with Gasteiger partial charge in [-0.25, -0.2) is 9.97 Å². The summed E-state index contributed by atoms with van der Waals surface area (Å²) in [6, 6.07) is 7.33. The summed E-state index contributed by atoms with van der Waals surface area (Å²) >= 11 is 3.34. The highest BCUT2D eigenvalue weighted by atomic mass is 32.1. The molecule has 0 radical (unpaired) electrons. The number of hydrogen-bond acceptors (Lipinski definition) is 7. The number of anilines is 2. The maximum absolute atomic E-state index is 12.9. The van der Waals surface area contributed by atoms with E-state index in [9.17, 15) is 4.79 Å². The van der Waals surface area contributed by atoms with Crippen molar-refractivity contribution in [2.24, 2.45) is 0 Å². The van der Waals surface area contributed by atoms with E-state index in [4.69, 9.17) is 4.42 Å². The summed E-state index contributed by atoms with van der Waals surface area (Å²) in [5, 5.41) is 11.8. The van der Waals surface area contributed by atoms with E-state index >= 15 is 0 Å². The van der Waals surface area contributed by atoms with E-state index in [-0.39, 0.29) is 11.9 Å². The Morgan fingerprint density at radius 2 is 1.97 bits per heavy atom. The van der Waals surface area contributed by atoms with E-state index < -0.39 is 0 Å². The lowest BCUT2D eigenvalue weighted by molar-refractivity contribution is 0.0997. The number of thiophene rings is 2.